The number of H-pyrrole nitrogens is 1. The van der Waals surface area contributed by atoms with E-state index in [1.165, 1.54) is 24.3 Å². The van der Waals surface area contributed by atoms with E-state index in [9.17, 15) is 18.4 Å². The maximum atomic E-state index is 13.3. The summed E-state index contributed by atoms with van der Waals surface area (Å²) in [4.78, 5) is 25.5. The predicted molar refractivity (Wildman–Crippen MR) is 70.8 cm³/mol. The number of rotatable bonds is 2. The Kier molecular flexibility index (Phi) is 2.83. The number of aromatic carboxylic acids is 1. The molecule has 0 saturated heterocycles. The molecule has 3 rings (SSSR count). The molecule has 0 aliphatic carbocycles. The van der Waals surface area contributed by atoms with Crippen LogP contribution in [0.2, 0.25) is 0 Å². The highest BCUT2D eigenvalue weighted by molar-refractivity contribution is 5.92. The molecular weight excluding hydrogens is 282 g/mol. The van der Waals surface area contributed by atoms with Crippen LogP contribution in [-0.4, -0.2) is 20.6 Å². The molecule has 0 saturated carbocycles. The molecule has 0 aliphatic rings. The Labute approximate surface area is 116 Å². The van der Waals surface area contributed by atoms with Crippen LogP contribution in [0.1, 0.15) is 10.4 Å². The molecule has 2 aromatic carbocycles. The number of carboxylic acid groups (broad SMARTS) is 1. The van der Waals surface area contributed by atoms with Crippen LogP contribution in [0.3, 0.4) is 0 Å². The molecular formula is C14H8F2N2O3. The first-order valence-corrected chi connectivity index (χ1v) is 5.91. The minimum Gasteiger partial charge on any atom is -0.478 e. The lowest BCUT2D eigenvalue weighted by Gasteiger charge is -2.04. The van der Waals surface area contributed by atoms with Crippen LogP contribution in [-0.2, 0) is 0 Å². The molecule has 0 fully saturated rings. The van der Waals surface area contributed by atoms with E-state index in [0.29, 0.717) is 5.52 Å². The normalized spacial score (nSPS) is 11.0. The first-order valence-electron chi connectivity index (χ1n) is 5.91. The van der Waals surface area contributed by atoms with Gasteiger partial charge < -0.3 is 10.1 Å². The van der Waals surface area contributed by atoms with Crippen molar-refractivity contribution in [3.05, 3.63) is 64.1 Å². The van der Waals surface area contributed by atoms with Crippen molar-refractivity contribution in [3.8, 4) is 5.69 Å². The smallest absolute Gasteiger partial charge is 0.335 e. The molecule has 1 aromatic heterocycles. The van der Waals surface area contributed by atoms with Gasteiger partial charge in [0, 0.05) is 6.07 Å². The highest BCUT2D eigenvalue weighted by Gasteiger charge is 2.13. The molecule has 1 heterocycles. The maximum Gasteiger partial charge on any atom is 0.335 e. The largest absolute Gasteiger partial charge is 0.478 e. The summed E-state index contributed by atoms with van der Waals surface area (Å²) in [6, 6.07) is 7.08. The van der Waals surface area contributed by atoms with Crippen molar-refractivity contribution in [2.24, 2.45) is 0 Å². The molecule has 0 aliphatic heterocycles. The summed E-state index contributed by atoms with van der Waals surface area (Å²) in [5.41, 5.74) is 0.185. The van der Waals surface area contributed by atoms with E-state index in [1.807, 2.05) is 0 Å². The number of halogens is 2. The fraction of sp³-hybridized carbons (Fsp3) is 0. The average molecular weight is 290 g/mol. The summed E-state index contributed by atoms with van der Waals surface area (Å²) in [7, 11) is 0. The van der Waals surface area contributed by atoms with E-state index in [2.05, 4.69) is 4.98 Å². The van der Waals surface area contributed by atoms with Crippen molar-refractivity contribution in [1.29, 1.82) is 0 Å². The minimum atomic E-state index is -1.15. The van der Waals surface area contributed by atoms with Gasteiger partial charge in [0.15, 0.2) is 11.6 Å². The van der Waals surface area contributed by atoms with E-state index >= 15 is 0 Å². The summed E-state index contributed by atoms with van der Waals surface area (Å²) < 4.78 is 27.4. The van der Waals surface area contributed by atoms with Crippen molar-refractivity contribution in [1.82, 2.24) is 9.55 Å². The topological polar surface area (TPSA) is 75.1 Å². The van der Waals surface area contributed by atoms with Crippen LogP contribution in [0.5, 0.6) is 0 Å². The van der Waals surface area contributed by atoms with Gasteiger partial charge in [-0.1, -0.05) is 0 Å². The quantitative estimate of drug-likeness (QED) is 0.760. The van der Waals surface area contributed by atoms with Crippen LogP contribution >= 0.6 is 0 Å². The molecule has 0 unspecified atom stereocenters. The van der Waals surface area contributed by atoms with Crippen LogP contribution in [0.25, 0.3) is 16.7 Å². The van der Waals surface area contributed by atoms with Crippen LogP contribution < -0.4 is 5.69 Å². The number of fused-ring (bicyclic) bond motifs is 1. The second-order valence-corrected chi connectivity index (χ2v) is 4.40. The third-order valence-corrected chi connectivity index (χ3v) is 3.09. The lowest BCUT2D eigenvalue weighted by atomic mass is 10.2. The minimum absolute atomic E-state index is 0.0159. The van der Waals surface area contributed by atoms with Gasteiger partial charge in [-0.05, 0) is 30.3 Å². The Morgan fingerprint density at radius 1 is 1.10 bits per heavy atom. The zero-order chi connectivity index (χ0) is 15.1. The number of carboxylic acids is 1. The number of hydrogen-bond donors (Lipinski definition) is 2. The van der Waals surface area contributed by atoms with Crippen molar-refractivity contribution in [3.63, 3.8) is 0 Å². The van der Waals surface area contributed by atoms with Gasteiger partial charge in [0.25, 0.3) is 0 Å². The molecule has 0 bridgehead atoms. The third kappa shape index (κ3) is 2.08. The maximum absolute atomic E-state index is 13.3. The Morgan fingerprint density at radius 3 is 2.52 bits per heavy atom. The zero-order valence-corrected chi connectivity index (χ0v) is 10.4. The lowest BCUT2D eigenvalue weighted by Crippen LogP contribution is -2.15. The standard InChI is InChI=1S/C14H8F2N2O3/c15-9-3-2-8(6-10(9)16)18-12-5-7(13(19)20)1-4-11(12)17-14(18)21/h1-6H,(H,17,21)(H,19,20). The molecule has 106 valence electrons. The van der Waals surface area contributed by atoms with E-state index in [0.717, 1.165) is 16.7 Å². The number of nitrogens with zero attached hydrogens (tertiary/aromatic N) is 1. The van der Waals surface area contributed by atoms with Gasteiger partial charge in [-0.25, -0.2) is 18.4 Å². The number of hydrogen-bond acceptors (Lipinski definition) is 2. The Balaban J connectivity index is 2.32. The number of benzene rings is 2. The van der Waals surface area contributed by atoms with Crippen LogP contribution in [0.4, 0.5) is 8.78 Å². The van der Waals surface area contributed by atoms with Crippen molar-refractivity contribution in [2.45, 2.75) is 0 Å². The summed E-state index contributed by atoms with van der Waals surface area (Å²) in [5, 5.41) is 8.99. The summed E-state index contributed by atoms with van der Waals surface area (Å²) >= 11 is 0. The molecule has 0 spiro atoms. The van der Waals surface area contributed by atoms with Gasteiger partial charge in [-0.15, -0.1) is 0 Å². The first kappa shape index (κ1) is 13.0. The number of imidazole rings is 1. The zero-order valence-electron chi connectivity index (χ0n) is 10.4. The highest BCUT2D eigenvalue weighted by atomic mass is 19.2. The predicted octanol–water partition coefficient (Wildman–Crippen LogP) is 2.30. The highest BCUT2D eigenvalue weighted by Crippen LogP contribution is 2.19. The summed E-state index contributed by atoms with van der Waals surface area (Å²) in [6.45, 7) is 0. The third-order valence-electron chi connectivity index (χ3n) is 3.09. The second-order valence-electron chi connectivity index (χ2n) is 4.40. The molecule has 5 nitrogen and oxygen atoms in total. The van der Waals surface area contributed by atoms with Gasteiger partial charge in [0.1, 0.15) is 0 Å². The second kappa shape index (κ2) is 4.55. The summed E-state index contributed by atoms with van der Waals surface area (Å²) in [5.74, 6) is -3.27. The van der Waals surface area contributed by atoms with Crippen molar-refractivity contribution in [2.75, 3.05) is 0 Å². The Bertz CT molecular complexity index is 928. The molecule has 21 heavy (non-hydrogen) atoms. The lowest BCUT2D eigenvalue weighted by molar-refractivity contribution is 0.0697. The Hall–Kier alpha value is -2.96. The van der Waals surface area contributed by atoms with Gasteiger partial charge in [-0.2, -0.15) is 0 Å². The molecule has 0 amide bonds. The molecule has 7 heteroatoms. The van der Waals surface area contributed by atoms with Crippen molar-refractivity contribution < 1.29 is 18.7 Å². The number of carbonyl (C=O) groups is 1. The van der Waals surface area contributed by atoms with Gasteiger partial charge in [0.05, 0.1) is 22.3 Å². The molecule has 0 radical (unpaired) electrons. The fourth-order valence-electron chi connectivity index (χ4n) is 2.12. The number of aromatic amines is 1. The van der Waals surface area contributed by atoms with E-state index in [1.54, 1.807) is 0 Å². The fourth-order valence-corrected chi connectivity index (χ4v) is 2.12. The first-order chi connectivity index (χ1) is 9.97. The van der Waals surface area contributed by atoms with E-state index < -0.39 is 23.3 Å². The van der Waals surface area contributed by atoms with Gasteiger partial charge in [-0.3, -0.25) is 4.57 Å². The van der Waals surface area contributed by atoms with E-state index in [4.69, 9.17) is 5.11 Å². The number of nitrogens with one attached hydrogen (secondary N) is 1. The number of aromatic nitrogens is 2. The molecule has 2 N–H and O–H groups in total. The van der Waals surface area contributed by atoms with Crippen LogP contribution in [0, 0.1) is 11.6 Å². The average Bonchev–Trinajstić information content (AvgIpc) is 2.77. The van der Waals surface area contributed by atoms with Crippen LogP contribution in [0.15, 0.2) is 41.2 Å². The SMILES string of the molecule is O=C(O)c1ccc2[nH]c(=O)n(-c3ccc(F)c(F)c3)c2c1. The monoisotopic (exact) mass is 290 g/mol. The van der Waals surface area contributed by atoms with Gasteiger partial charge in [0.2, 0.25) is 0 Å². The van der Waals surface area contributed by atoms with Gasteiger partial charge >= 0.3 is 11.7 Å². The summed E-state index contributed by atoms with van der Waals surface area (Å²) in [6.07, 6.45) is 0. The van der Waals surface area contributed by atoms with Crippen molar-refractivity contribution >= 4 is 17.0 Å². The Morgan fingerprint density at radius 2 is 1.86 bits per heavy atom. The van der Waals surface area contributed by atoms with E-state index in [-0.39, 0.29) is 16.8 Å². The molecule has 3 aromatic rings. The molecule has 0 atom stereocenters.